The molecule has 0 spiro atoms. The van der Waals surface area contributed by atoms with Crippen molar-refractivity contribution in [3.05, 3.63) is 30.3 Å². The molecule has 4 atom stereocenters. The zero-order valence-corrected chi connectivity index (χ0v) is 20.7. The first kappa shape index (κ1) is 25.7. The summed E-state index contributed by atoms with van der Waals surface area (Å²) in [5.41, 5.74) is 0. The van der Waals surface area contributed by atoms with Crippen LogP contribution in [0.4, 0.5) is 0 Å². The number of halogens is 3. The minimum absolute atomic E-state index is 0.168. The highest BCUT2D eigenvalue weighted by molar-refractivity contribution is 8.01. The topological polar surface area (TPSA) is 111 Å². The molecule has 2 aliphatic heterocycles. The molecule has 1 N–H and O–H groups in total. The highest BCUT2D eigenvalue weighted by Crippen LogP contribution is 2.51. The maximum absolute atomic E-state index is 12.9. The van der Waals surface area contributed by atoms with Gasteiger partial charge in [-0.3, -0.25) is 14.4 Å². The first-order valence-electron chi connectivity index (χ1n) is 9.75. The lowest BCUT2D eigenvalue weighted by Crippen LogP contribution is -2.71. The van der Waals surface area contributed by atoms with E-state index in [1.165, 1.54) is 23.6 Å². The van der Waals surface area contributed by atoms with Crippen molar-refractivity contribution >= 4 is 70.3 Å². The largest absolute Gasteiger partial charge is 0.484 e. The molecule has 2 saturated heterocycles. The number of carbonyl (C=O) groups excluding carboxylic acids is 4. The van der Waals surface area contributed by atoms with E-state index in [1.54, 1.807) is 31.2 Å². The fourth-order valence-corrected chi connectivity index (χ4v) is 5.33. The molecule has 2 heterocycles. The van der Waals surface area contributed by atoms with Crippen LogP contribution in [0.3, 0.4) is 0 Å². The van der Waals surface area contributed by atoms with Crippen LogP contribution in [0.1, 0.15) is 13.8 Å². The van der Waals surface area contributed by atoms with Crippen LogP contribution >= 0.6 is 46.6 Å². The minimum atomic E-state index is -1.83. The quantitative estimate of drug-likeness (QED) is 0.304. The van der Waals surface area contributed by atoms with Gasteiger partial charge in [0.25, 0.3) is 5.91 Å². The van der Waals surface area contributed by atoms with Crippen LogP contribution in [0.25, 0.3) is 0 Å². The first-order chi connectivity index (χ1) is 15.4. The number of fused-ring (bicyclic) bond motifs is 1. The minimum Gasteiger partial charge on any atom is -0.484 e. The van der Waals surface area contributed by atoms with E-state index in [2.05, 4.69) is 5.32 Å². The van der Waals surface area contributed by atoms with E-state index in [4.69, 9.17) is 49.0 Å². The smallest absolute Gasteiger partial charge is 0.330 e. The number of thioether (sulfide) groups is 1. The Morgan fingerprint density at radius 3 is 2.45 bits per heavy atom. The maximum atomic E-state index is 12.9. The van der Waals surface area contributed by atoms with Crippen LogP contribution in [0.2, 0.25) is 0 Å². The molecule has 33 heavy (non-hydrogen) atoms. The Hall–Kier alpha value is -1.88. The fraction of sp³-hybridized carbons (Fsp3) is 0.500. The number of esters is 2. The summed E-state index contributed by atoms with van der Waals surface area (Å²) in [6, 6.07) is 6.75. The van der Waals surface area contributed by atoms with E-state index in [1.807, 2.05) is 6.07 Å². The van der Waals surface area contributed by atoms with Gasteiger partial charge in [0.05, 0.1) is 4.75 Å². The Morgan fingerprint density at radius 1 is 1.18 bits per heavy atom. The Balaban J connectivity index is 1.68. The van der Waals surface area contributed by atoms with Gasteiger partial charge in [0, 0.05) is 6.92 Å². The van der Waals surface area contributed by atoms with Gasteiger partial charge in [-0.05, 0) is 19.1 Å². The van der Waals surface area contributed by atoms with E-state index in [0.717, 1.165) is 0 Å². The summed E-state index contributed by atoms with van der Waals surface area (Å²) < 4.78 is 12.8. The molecule has 3 rings (SSSR count). The number of carbonyl (C=O) groups is 4. The average Bonchev–Trinajstić information content (AvgIpc) is 3.03. The predicted molar refractivity (Wildman–Crippen MR) is 122 cm³/mol. The molecular weight excluding hydrogens is 519 g/mol. The monoisotopic (exact) mass is 538 g/mol. The number of ether oxygens (including phenoxy) is 3. The molecule has 13 heteroatoms. The molecule has 0 aromatic heterocycles. The van der Waals surface area contributed by atoms with Gasteiger partial charge >= 0.3 is 11.9 Å². The van der Waals surface area contributed by atoms with Crippen molar-refractivity contribution in [2.75, 3.05) is 19.8 Å². The third kappa shape index (κ3) is 6.17. The summed E-state index contributed by atoms with van der Waals surface area (Å²) >= 11 is 18.2. The van der Waals surface area contributed by atoms with Gasteiger partial charge in [-0.15, -0.1) is 11.8 Å². The van der Waals surface area contributed by atoms with E-state index < -0.39 is 56.4 Å². The van der Waals surface area contributed by atoms with Gasteiger partial charge in [0.2, 0.25) is 9.70 Å². The third-order valence-electron chi connectivity index (χ3n) is 4.92. The van der Waals surface area contributed by atoms with Gasteiger partial charge in [-0.25, -0.2) is 4.79 Å². The number of nitrogens with one attached hydrogen (secondary N) is 1. The second-order valence-electron chi connectivity index (χ2n) is 7.62. The summed E-state index contributed by atoms with van der Waals surface area (Å²) in [4.78, 5) is 50.7. The molecule has 2 fully saturated rings. The molecule has 2 amide bonds. The lowest BCUT2D eigenvalue weighted by atomic mass is 9.95. The van der Waals surface area contributed by atoms with Crippen LogP contribution in [0.5, 0.6) is 5.75 Å². The van der Waals surface area contributed by atoms with Gasteiger partial charge in [0.1, 0.15) is 36.4 Å². The highest BCUT2D eigenvalue weighted by atomic mass is 35.6. The van der Waals surface area contributed by atoms with Gasteiger partial charge < -0.3 is 24.4 Å². The molecule has 180 valence electrons. The van der Waals surface area contributed by atoms with Gasteiger partial charge in [-0.1, -0.05) is 53.0 Å². The Kier molecular flexibility index (Phi) is 7.93. The summed E-state index contributed by atoms with van der Waals surface area (Å²) in [7, 11) is 0. The van der Waals surface area contributed by atoms with E-state index >= 15 is 0 Å². The number of β-lactam (4-membered cyclic amide) rings is 1. The number of rotatable bonds is 8. The molecule has 0 aliphatic carbocycles. The number of amides is 2. The summed E-state index contributed by atoms with van der Waals surface area (Å²) in [6.07, 6.45) is 0. The Morgan fingerprint density at radius 2 is 1.85 bits per heavy atom. The molecule has 9 nitrogen and oxygen atoms in total. The summed E-state index contributed by atoms with van der Waals surface area (Å²) in [6.45, 7) is 1.91. The van der Waals surface area contributed by atoms with Crippen LogP contribution < -0.4 is 10.1 Å². The normalized spacial score (nSPS) is 26.2. The third-order valence-corrected chi connectivity index (χ3v) is 6.87. The van der Waals surface area contributed by atoms with Crippen LogP contribution in [0.15, 0.2) is 30.3 Å². The highest BCUT2D eigenvalue weighted by Gasteiger charge is 2.66. The van der Waals surface area contributed by atoms with Crippen molar-refractivity contribution in [3.63, 3.8) is 0 Å². The molecule has 1 aromatic rings. The van der Waals surface area contributed by atoms with Crippen molar-refractivity contribution in [1.82, 2.24) is 10.2 Å². The van der Waals surface area contributed by atoms with Crippen molar-refractivity contribution in [2.45, 2.75) is 39.8 Å². The molecule has 0 unspecified atom stereocenters. The summed E-state index contributed by atoms with van der Waals surface area (Å²) in [5.74, 6) is -1.83. The first-order valence-corrected chi connectivity index (χ1v) is 11.8. The lowest BCUT2D eigenvalue weighted by molar-refractivity contribution is -0.166. The Bertz CT molecular complexity index is 930. The molecule has 2 aliphatic rings. The van der Waals surface area contributed by atoms with E-state index in [-0.39, 0.29) is 13.2 Å². The molecule has 1 aromatic carbocycles. The zero-order chi connectivity index (χ0) is 24.4. The lowest BCUT2D eigenvalue weighted by Gasteiger charge is -2.44. The van der Waals surface area contributed by atoms with Crippen LogP contribution in [-0.2, 0) is 28.7 Å². The average molecular weight is 540 g/mol. The van der Waals surface area contributed by atoms with Crippen molar-refractivity contribution in [1.29, 1.82) is 0 Å². The van der Waals surface area contributed by atoms with Gasteiger partial charge in [0.15, 0.2) is 6.61 Å². The second kappa shape index (κ2) is 10.2. The van der Waals surface area contributed by atoms with Crippen molar-refractivity contribution in [2.24, 2.45) is 0 Å². The number of hydrogen-bond donors (Lipinski definition) is 1. The number of benzene rings is 1. The standard InChI is InChI=1S/C20H21Cl3N2O7S/c1-11(26)31-9-19(2)15(18(29)32-10-20(21,22)23)25-16(28)14(17(25)33-19)24-13(27)8-30-12-6-4-3-5-7-12/h3-7,14-15,17H,8-10H2,1-2H3,(H,24,27)/t14-,15+,17-,19-/m1/s1. The maximum Gasteiger partial charge on any atom is 0.330 e. The molecule has 0 saturated carbocycles. The van der Waals surface area contributed by atoms with E-state index in [0.29, 0.717) is 5.75 Å². The number of hydrogen-bond acceptors (Lipinski definition) is 8. The number of para-hydroxylation sites is 1. The number of nitrogens with zero attached hydrogens (tertiary/aromatic N) is 1. The molecule has 0 radical (unpaired) electrons. The molecular formula is C20H21Cl3N2O7S. The SMILES string of the molecule is CC(=O)OC[C@@]1(C)S[C@@H]2[C@H](NC(=O)COc3ccccc3)C(=O)N2[C@H]1C(=O)OCC(Cl)(Cl)Cl. The van der Waals surface area contributed by atoms with Crippen molar-refractivity contribution in [3.8, 4) is 5.75 Å². The predicted octanol–water partition coefficient (Wildman–Crippen LogP) is 2.07. The van der Waals surface area contributed by atoms with Crippen LogP contribution in [0, 0.1) is 0 Å². The molecule has 0 bridgehead atoms. The Labute approximate surface area is 209 Å². The van der Waals surface area contributed by atoms with Crippen molar-refractivity contribution < 1.29 is 33.4 Å². The van der Waals surface area contributed by atoms with E-state index in [9.17, 15) is 19.2 Å². The summed E-state index contributed by atoms with van der Waals surface area (Å²) in [5, 5.41) is 2.05. The zero-order valence-electron chi connectivity index (χ0n) is 17.6. The second-order valence-corrected chi connectivity index (χ2v) is 11.8. The van der Waals surface area contributed by atoms with Gasteiger partial charge in [-0.2, -0.15) is 0 Å². The number of alkyl halides is 3. The fourth-order valence-electron chi connectivity index (χ4n) is 3.49. The van der Waals surface area contributed by atoms with Crippen LogP contribution in [-0.4, -0.2) is 74.5 Å².